The number of hydrogen-bond acceptors (Lipinski definition) is 3. The molecule has 1 aliphatic heterocycles. The molecule has 0 aliphatic carbocycles. The van der Waals surface area contributed by atoms with Crippen LogP contribution < -0.4 is 15.0 Å². The zero-order valence-corrected chi connectivity index (χ0v) is 13.5. The lowest BCUT2D eigenvalue weighted by Crippen LogP contribution is -2.43. The number of nitrogens with one attached hydrogen (secondary N) is 1. The van der Waals surface area contributed by atoms with Crippen LogP contribution in [0.3, 0.4) is 0 Å². The molecule has 3 rings (SSSR count). The summed E-state index contributed by atoms with van der Waals surface area (Å²) in [6.07, 6.45) is 0. The van der Waals surface area contributed by atoms with Gasteiger partial charge in [-0.05, 0) is 24.3 Å². The molecule has 4 heteroatoms. The van der Waals surface area contributed by atoms with E-state index in [9.17, 15) is 0 Å². The highest BCUT2D eigenvalue weighted by Crippen LogP contribution is 2.24. The molecular weight excluding hydrogens is 328 g/mol. The second-order valence-corrected chi connectivity index (χ2v) is 6.03. The Balaban J connectivity index is 1.73. The van der Waals surface area contributed by atoms with Crippen LogP contribution in [0.4, 0.5) is 5.69 Å². The van der Waals surface area contributed by atoms with E-state index in [-0.39, 0.29) is 0 Å². The maximum atomic E-state index is 5.93. The Bertz CT molecular complexity index is 597. The zero-order valence-electron chi connectivity index (χ0n) is 11.9. The molecule has 0 bridgehead atoms. The van der Waals surface area contributed by atoms with Crippen molar-refractivity contribution < 1.29 is 4.74 Å². The molecular formula is C17H19BrN2O. The van der Waals surface area contributed by atoms with Gasteiger partial charge in [-0.25, -0.2) is 0 Å². The monoisotopic (exact) mass is 346 g/mol. The SMILES string of the molecule is Brc1cccc(OCc2ccccc2N2CCNCC2)c1. The number of ether oxygens (including phenoxy) is 1. The van der Waals surface area contributed by atoms with E-state index >= 15 is 0 Å². The van der Waals surface area contributed by atoms with Crippen molar-refractivity contribution >= 4 is 21.6 Å². The van der Waals surface area contributed by atoms with E-state index in [4.69, 9.17) is 4.74 Å². The second-order valence-electron chi connectivity index (χ2n) is 5.11. The van der Waals surface area contributed by atoms with Crippen LogP contribution in [0.25, 0.3) is 0 Å². The number of anilines is 1. The topological polar surface area (TPSA) is 24.5 Å². The summed E-state index contributed by atoms with van der Waals surface area (Å²) in [5.41, 5.74) is 2.52. The fourth-order valence-electron chi connectivity index (χ4n) is 2.56. The number of halogens is 1. The highest BCUT2D eigenvalue weighted by Gasteiger charge is 2.13. The highest BCUT2D eigenvalue weighted by atomic mass is 79.9. The van der Waals surface area contributed by atoms with E-state index in [1.807, 2.05) is 24.3 Å². The van der Waals surface area contributed by atoms with Gasteiger partial charge in [0.05, 0.1) is 0 Å². The van der Waals surface area contributed by atoms with Gasteiger partial charge in [0.2, 0.25) is 0 Å². The molecule has 2 aromatic carbocycles. The Hall–Kier alpha value is -1.52. The van der Waals surface area contributed by atoms with Crippen LogP contribution in [-0.4, -0.2) is 26.2 Å². The number of benzene rings is 2. The summed E-state index contributed by atoms with van der Waals surface area (Å²) in [5.74, 6) is 0.888. The van der Waals surface area contributed by atoms with Crippen molar-refractivity contribution in [2.45, 2.75) is 6.61 Å². The normalized spacial score (nSPS) is 15.0. The average molecular weight is 347 g/mol. The smallest absolute Gasteiger partial charge is 0.120 e. The van der Waals surface area contributed by atoms with Crippen LogP contribution in [0.2, 0.25) is 0 Å². The number of nitrogens with zero attached hydrogens (tertiary/aromatic N) is 1. The molecule has 0 saturated carbocycles. The largest absolute Gasteiger partial charge is 0.489 e. The lowest BCUT2D eigenvalue weighted by molar-refractivity contribution is 0.306. The minimum atomic E-state index is 0.594. The maximum absolute atomic E-state index is 5.93. The van der Waals surface area contributed by atoms with Gasteiger partial charge in [-0.1, -0.05) is 40.2 Å². The molecule has 0 unspecified atom stereocenters. The van der Waals surface area contributed by atoms with Crippen molar-refractivity contribution in [3.8, 4) is 5.75 Å². The van der Waals surface area contributed by atoms with Gasteiger partial charge < -0.3 is 15.0 Å². The van der Waals surface area contributed by atoms with Crippen LogP contribution in [0.15, 0.2) is 53.0 Å². The summed E-state index contributed by atoms with van der Waals surface area (Å²) >= 11 is 3.47. The van der Waals surface area contributed by atoms with Gasteiger partial charge in [-0.2, -0.15) is 0 Å². The van der Waals surface area contributed by atoms with Gasteiger partial charge in [0.1, 0.15) is 12.4 Å². The molecule has 1 saturated heterocycles. The fourth-order valence-corrected chi connectivity index (χ4v) is 2.94. The van der Waals surface area contributed by atoms with Crippen molar-refractivity contribution in [3.63, 3.8) is 0 Å². The maximum Gasteiger partial charge on any atom is 0.120 e. The standard InChI is InChI=1S/C17H19BrN2O/c18-15-5-3-6-16(12-15)21-13-14-4-1-2-7-17(14)20-10-8-19-9-11-20/h1-7,12,19H,8-11,13H2. The third-order valence-electron chi connectivity index (χ3n) is 3.64. The van der Waals surface area contributed by atoms with Gasteiger partial charge >= 0.3 is 0 Å². The first-order valence-corrected chi connectivity index (χ1v) is 8.04. The Morgan fingerprint density at radius 1 is 1.05 bits per heavy atom. The summed E-state index contributed by atoms with van der Waals surface area (Å²) in [4.78, 5) is 2.43. The lowest BCUT2D eigenvalue weighted by Gasteiger charge is -2.31. The summed E-state index contributed by atoms with van der Waals surface area (Å²) in [6.45, 7) is 4.78. The molecule has 0 spiro atoms. The minimum Gasteiger partial charge on any atom is -0.489 e. The molecule has 1 heterocycles. The van der Waals surface area contributed by atoms with Crippen LogP contribution in [0.5, 0.6) is 5.75 Å². The first-order valence-electron chi connectivity index (χ1n) is 7.25. The van der Waals surface area contributed by atoms with Gasteiger partial charge in [-0.15, -0.1) is 0 Å². The molecule has 110 valence electrons. The van der Waals surface area contributed by atoms with Crippen LogP contribution >= 0.6 is 15.9 Å². The van der Waals surface area contributed by atoms with Crippen molar-refractivity contribution in [2.75, 3.05) is 31.1 Å². The Kier molecular flexibility index (Phi) is 4.78. The van der Waals surface area contributed by atoms with E-state index in [0.29, 0.717) is 6.61 Å². The lowest BCUT2D eigenvalue weighted by atomic mass is 10.1. The third kappa shape index (κ3) is 3.77. The van der Waals surface area contributed by atoms with Gasteiger partial charge in [0, 0.05) is 41.9 Å². The van der Waals surface area contributed by atoms with Crippen molar-refractivity contribution in [1.82, 2.24) is 5.32 Å². The van der Waals surface area contributed by atoms with Gasteiger partial charge in [0.25, 0.3) is 0 Å². The van der Waals surface area contributed by atoms with E-state index in [1.165, 1.54) is 11.3 Å². The molecule has 0 amide bonds. The number of para-hydroxylation sites is 1. The van der Waals surface area contributed by atoms with Crippen molar-refractivity contribution in [3.05, 3.63) is 58.6 Å². The van der Waals surface area contributed by atoms with E-state index in [2.05, 4.69) is 50.4 Å². The van der Waals surface area contributed by atoms with Crippen molar-refractivity contribution in [1.29, 1.82) is 0 Å². The average Bonchev–Trinajstić information content (AvgIpc) is 2.54. The first kappa shape index (κ1) is 14.4. The molecule has 3 nitrogen and oxygen atoms in total. The quantitative estimate of drug-likeness (QED) is 0.917. The van der Waals surface area contributed by atoms with Gasteiger partial charge in [-0.3, -0.25) is 0 Å². The molecule has 1 N–H and O–H groups in total. The van der Waals surface area contributed by atoms with Crippen LogP contribution in [0, 0.1) is 0 Å². The second kappa shape index (κ2) is 6.96. The van der Waals surface area contributed by atoms with Gasteiger partial charge in [0.15, 0.2) is 0 Å². The molecule has 2 aromatic rings. The highest BCUT2D eigenvalue weighted by molar-refractivity contribution is 9.10. The fraction of sp³-hybridized carbons (Fsp3) is 0.294. The van der Waals surface area contributed by atoms with Crippen LogP contribution in [0.1, 0.15) is 5.56 Å². The predicted molar refractivity (Wildman–Crippen MR) is 90.0 cm³/mol. The summed E-state index contributed by atoms with van der Waals surface area (Å²) in [6, 6.07) is 16.5. The van der Waals surface area contributed by atoms with Crippen molar-refractivity contribution in [2.24, 2.45) is 0 Å². The first-order chi connectivity index (χ1) is 10.3. The molecule has 1 aliphatic rings. The minimum absolute atomic E-state index is 0.594. The number of piperazine rings is 1. The molecule has 0 aromatic heterocycles. The summed E-state index contributed by atoms with van der Waals surface area (Å²) in [7, 11) is 0. The number of hydrogen-bond donors (Lipinski definition) is 1. The summed E-state index contributed by atoms with van der Waals surface area (Å²) < 4.78 is 6.97. The molecule has 0 atom stereocenters. The van der Waals surface area contributed by atoms with Crippen LogP contribution in [-0.2, 0) is 6.61 Å². The zero-order chi connectivity index (χ0) is 14.5. The van der Waals surface area contributed by atoms with E-state index < -0.39 is 0 Å². The van der Waals surface area contributed by atoms with E-state index in [1.54, 1.807) is 0 Å². The third-order valence-corrected chi connectivity index (χ3v) is 4.13. The Labute approximate surface area is 134 Å². The Morgan fingerprint density at radius 3 is 2.67 bits per heavy atom. The number of rotatable bonds is 4. The molecule has 0 radical (unpaired) electrons. The van der Waals surface area contributed by atoms with E-state index in [0.717, 1.165) is 36.4 Å². The molecule has 1 fully saturated rings. The Morgan fingerprint density at radius 2 is 1.86 bits per heavy atom. The summed E-state index contributed by atoms with van der Waals surface area (Å²) in [5, 5.41) is 3.39. The predicted octanol–water partition coefficient (Wildman–Crippen LogP) is 3.44. The molecule has 21 heavy (non-hydrogen) atoms.